The fourth-order valence-corrected chi connectivity index (χ4v) is 3.06. The monoisotopic (exact) mass is 349 g/mol. The van der Waals surface area contributed by atoms with Gasteiger partial charge in [0.05, 0.1) is 5.56 Å². The quantitative estimate of drug-likeness (QED) is 0.620. The van der Waals surface area contributed by atoms with Crippen molar-refractivity contribution in [2.45, 2.75) is 11.3 Å². The molecule has 0 spiro atoms. The molecule has 0 aromatic heterocycles. The summed E-state index contributed by atoms with van der Waals surface area (Å²) in [6.07, 6.45) is 0.954. The summed E-state index contributed by atoms with van der Waals surface area (Å²) in [5.74, 6) is 0.974. The van der Waals surface area contributed by atoms with E-state index in [0.717, 1.165) is 16.6 Å². The van der Waals surface area contributed by atoms with E-state index in [-0.39, 0.29) is 5.91 Å². The minimum atomic E-state index is -0.0258. The van der Waals surface area contributed by atoms with Gasteiger partial charge in [0.1, 0.15) is 0 Å². The van der Waals surface area contributed by atoms with Crippen LogP contribution in [-0.4, -0.2) is 18.2 Å². The van der Waals surface area contributed by atoms with E-state index in [9.17, 15) is 4.79 Å². The second kappa shape index (κ2) is 8.12. The fourth-order valence-electron chi connectivity index (χ4n) is 1.72. The van der Waals surface area contributed by atoms with Crippen molar-refractivity contribution in [3.05, 3.63) is 64.6 Å². The molecule has 0 heterocycles. The van der Waals surface area contributed by atoms with Crippen LogP contribution in [0.1, 0.15) is 16.8 Å². The Hall–Kier alpha value is -1.26. The molecule has 4 heteroatoms. The summed E-state index contributed by atoms with van der Waals surface area (Å²) >= 11 is 5.20. The molecular weight excluding hydrogens is 334 g/mol. The van der Waals surface area contributed by atoms with E-state index in [1.165, 1.54) is 4.90 Å². The second-order valence-electron chi connectivity index (χ2n) is 4.25. The Labute approximate surface area is 132 Å². The highest BCUT2D eigenvalue weighted by Crippen LogP contribution is 2.18. The van der Waals surface area contributed by atoms with Gasteiger partial charge >= 0.3 is 0 Å². The largest absolute Gasteiger partial charge is 0.352 e. The van der Waals surface area contributed by atoms with E-state index in [1.54, 1.807) is 0 Å². The van der Waals surface area contributed by atoms with Crippen molar-refractivity contribution >= 4 is 33.6 Å². The number of carbonyl (C=O) groups excluding carboxylic acids is 1. The van der Waals surface area contributed by atoms with Gasteiger partial charge in [-0.1, -0.05) is 30.3 Å². The minimum Gasteiger partial charge on any atom is -0.352 e. The number of carbonyl (C=O) groups is 1. The number of hydrogen-bond acceptors (Lipinski definition) is 2. The molecule has 2 rings (SSSR count). The summed E-state index contributed by atoms with van der Waals surface area (Å²) in [7, 11) is 0. The van der Waals surface area contributed by atoms with Crippen molar-refractivity contribution in [3.63, 3.8) is 0 Å². The van der Waals surface area contributed by atoms with Crippen LogP contribution in [0, 0.1) is 0 Å². The molecule has 1 N–H and O–H groups in total. The maximum atomic E-state index is 12.0. The third-order valence-corrected chi connectivity index (χ3v) is 4.53. The highest BCUT2D eigenvalue weighted by molar-refractivity contribution is 9.10. The number of nitrogens with one attached hydrogen (secondary N) is 1. The Kier molecular flexibility index (Phi) is 6.15. The maximum Gasteiger partial charge on any atom is 0.252 e. The van der Waals surface area contributed by atoms with Crippen molar-refractivity contribution in [2.24, 2.45) is 0 Å². The molecule has 0 saturated heterocycles. The maximum absolute atomic E-state index is 12.0. The van der Waals surface area contributed by atoms with Gasteiger partial charge < -0.3 is 5.32 Å². The standard InChI is InChI=1S/C16H16BrNOS/c17-15-10-5-4-9-14(15)16(19)18-11-6-12-20-13-7-2-1-3-8-13/h1-5,7-10H,6,11-12H2,(H,18,19). The molecule has 2 aromatic carbocycles. The molecule has 0 unspecified atom stereocenters. The van der Waals surface area contributed by atoms with Gasteiger partial charge in [0, 0.05) is 15.9 Å². The smallest absolute Gasteiger partial charge is 0.252 e. The predicted molar refractivity (Wildman–Crippen MR) is 88.3 cm³/mol. The molecule has 1 amide bonds. The van der Waals surface area contributed by atoms with E-state index in [4.69, 9.17) is 0 Å². The first-order valence-electron chi connectivity index (χ1n) is 6.48. The molecule has 0 fully saturated rings. The molecule has 20 heavy (non-hydrogen) atoms. The Morgan fingerprint density at radius 2 is 1.75 bits per heavy atom. The average molecular weight is 350 g/mol. The van der Waals surface area contributed by atoms with E-state index in [2.05, 4.69) is 33.4 Å². The average Bonchev–Trinajstić information content (AvgIpc) is 2.48. The van der Waals surface area contributed by atoms with Crippen molar-refractivity contribution in [3.8, 4) is 0 Å². The molecule has 0 aliphatic rings. The summed E-state index contributed by atoms with van der Waals surface area (Å²) in [5.41, 5.74) is 0.684. The first-order valence-corrected chi connectivity index (χ1v) is 8.26. The number of amides is 1. The van der Waals surface area contributed by atoms with Crippen molar-refractivity contribution in [2.75, 3.05) is 12.3 Å². The number of rotatable bonds is 6. The molecule has 0 saturated carbocycles. The number of benzene rings is 2. The zero-order valence-electron chi connectivity index (χ0n) is 11.0. The van der Waals surface area contributed by atoms with Crippen LogP contribution in [0.5, 0.6) is 0 Å². The summed E-state index contributed by atoms with van der Waals surface area (Å²) in [6.45, 7) is 0.694. The molecule has 2 aromatic rings. The molecule has 0 bridgehead atoms. The molecule has 0 atom stereocenters. The van der Waals surface area contributed by atoms with E-state index in [1.807, 2.05) is 54.2 Å². The fraction of sp³-hybridized carbons (Fsp3) is 0.188. The van der Waals surface area contributed by atoms with Gasteiger partial charge in [-0.05, 0) is 52.4 Å². The van der Waals surface area contributed by atoms with Gasteiger partial charge in [0.25, 0.3) is 5.91 Å². The van der Waals surface area contributed by atoms with Gasteiger partial charge in [-0.2, -0.15) is 0 Å². The lowest BCUT2D eigenvalue weighted by Gasteiger charge is -2.06. The molecule has 0 aliphatic carbocycles. The number of thioether (sulfide) groups is 1. The van der Waals surface area contributed by atoms with Crippen LogP contribution in [0.2, 0.25) is 0 Å². The van der Waals surface area contributed by atoms with Crippen LogP contribution in [-0.2, 0) is 0 Å². The highest BCUT2D eigenvalue weighted by Gasteiger charge is 2.07. The SMILES string of the molecule is O=C(NCCCSc1ccccc1)c1ccccc1Br. The van der Waals surface area contributed by atoms with E-state index < -0.39 is 0 Å². The summed E-state index contributed by atoms with van der Waals surface area (Å²) < 4.78 is 0.830. The molecule has 104 valence electrons. The summed E-state index contributed by atoms with van der Waals surface area (Å²) in [6, 6.07) is 17.8. The van der Waals surface area contributed by atoms with E-state index in [0.29, 0.717) is 12.1 Å². The molecule has 0 aliphatic heterocycles. The van der Waals surface area contributed by atoms with Gasteiger partial charge in [0.2, 0.25) is 0 Å². The lowest BCUT2D eigenvalue weighted by molar-refractivity contribution is 0.0953. The van der Waals surface area contributed by atoms with Gasteiger partial charge in [-0.3, -0.25) is 4.79 Å². The topological polar surface area (TPSA) is 29.1 Å². The third-order valence-electron chi connectivity index (χ3n) is 2.74. The number of hydrogen-bond donors (Lipinski definition) is 1. The van der Waals surface area contributed by atoms with Crippen molar-refractivity contribution in [1.82, 2.24) is 5.32 Å². The first kappa shape index (κ1) is 15.1. The Balaban J connectivity index is 1.69. The van der Waals surface area contributed by atoms with E-state index >= 15 is 0 Å². The number of halogens is 1. The summed E-state index contributed by atoms with van der Waals surface area (Å²) in [4.78, 5) is 13.2. The van der Waals surface area contributed by atoms with Crippen LogP contribution in [0.25, 0.3) is 0 Å². The third kappa shape index (κ3) is 4.69. The Morgan fingerprint density at radius 1 is 1.05 bits per heavy atom. The lowest BCUT2D eigenvalue weighted by Crippen LogP contribution is -2.25. The lowest BCUT2D eigenvalue weighted by atomic mass is 10.2. The normalized spacial score (nSPS) is 10.2. The second-order valence-corrected chi connectivity index (χ2v) is 6.27. The molecular formula is C16H16BrNOS. The zero-order valence-corrected chi connectivity index (χ0v) is 13.4. The van der Waals surface area contributed by atoms with Crippen LogP contribution >= 0.6 is 27.7 Å². The first-order chi connectivity index (χ1) is 9.77. The van der Waals surface area contributed by atoms with Crippen molar-refractivity contribution in [1.29, 1.82) is 0 Å². The molecule has 2 nitrogen and oxygen atoms in total. The Bertz CT molecular complexity index is 559. The van der Waals surface area contributed by atoms with Crippen LogP contribution < -0.4 is 5.32 Å². The minimum absolute atomic E-state index is 0.0258. The highest BCUT2D eigenvalue weighted by atomic mass is 79.9. The summed E-state index contributed by atoms with van der Waals surface area (Å²) in [5, 5.41) is 2.94. The molecule has 0 radical (unpaired) electrons. The van der Waals surface area contributed by atoms with Gasteiger partial charge in [-0.15, -0.1) is 11.8 Å². The van der Waals surface area contributed by atoms with Crippen LogP contribution in [0.3, 0.4) is 0 Å². The van der Waals surface area contributed by atoms with Gasteiger partial charge in [-0.25, -0.2) is 0 Å². The van der Waals surface area contributed by atoms with Crippen molar-refractivity contribution < 1.29 is 4.79 Å². The van der Waals surface area contributed by atoms with Crippen LogP contribution in [0.4, 0.5) is 0 Å². The van der Waals surface area contributed by atoms with Gasteiger partial charge in [0.15, 0.2) is 0 Å². The Morgan fingerprint density at radius 3 is 2.50 bits per heavy atom. The van der Waals surface area contributed by atoms with Crippen LogP contribution in [0.15, 0.2) is 64.0 Å². The zero-order chi connectivity index (χ0) is 14.2. The predicted octanol–water partition coefficient (Wildman–Crippen LogP) is 4.36.